The molecule has 0 radical (unpaired) electrons. The van der Waals surface area contributed by atoms with Crippen LogP contribution in [-0.2, 0) is 0 Å². The van der Waals surface area contributed by atoms with E-state index in [1.54, 1.807) is 0 Å². The lowest BCUT2D eigenvalue weighted by Crippen LogP contribution is -2.13. The van der Waals surface area contributed by atoms with Crippen LogP contribution in [0.1, 0.15) is 11.1 Å². The van der Waals surface area contributed by atoms with Gasteiger partial charge in [-0.25, -0.2) is 4.99 Å². The van der Waals surface area contributed by atoms with Crippen molar-refractivity contribution in [2.24, 2.45) is 4.99 Å². The predicted molar refractivity (Wildman–Crippen MR) is 98.3 cm³/mol. The zero-order valence-electron chi connectivity index (χ0n) is 13.0. The van der Waals surface area contributed by atoms with Crippen LogP contribution in [0.25, 0.3) is 0 Å². The Hall–Kier alpha value is -3.07. The van der Waals surface area contributed by atoms with Crippen LogP contribution in [0.15, 0.2) is 83.9 Å². The molecule has 0 fully saturated rings. The Morgan fingerprint density at radius 3 is 2.17 bits per heavy atom. The fourth-order valence-corrected chi connectivity index (χ4v) is 2.32. The van der Waals surface area contributed by atoms with Crippen molar-refractivity contribution in [3.8, 4) is 0 Å². The Morgan fingerprint density at radius 1 is 0.870 bits per heavy atom. The molecule has 0 amide bonds. The molecule has 0 aromatic heterocycles. The van der Waals surface area contributed by atoms with Crippen LogP contribution in [0.5, 0.6) is 0 Å². The molecule has 0 aliphatic heterocycles. The van der Waals surface area contributed by atoms with Crippen molar-refractivity contribution >= 4 is 22.9 Å². The van der Waals surface area contributed by atoms with Gasteiger partial charge in [-0.05, 0) is 36.8 Å². The van der Waals surface area contributed by atoms with Gasteiger partial charge in [0.05, 0.1) is 11.4 Å². The van der Waals surface area contributed by atoms with Crippen molar-refractivity contribution in [2.75, 3.05) is 11.1 Å². The number of rotatable bonds is 3. The van der Waals surface area contributed by atoms with E-state index in [0.717, 1.165) is 28.3 Å². The van der Waals surface area contributed by atoms with Gasteiger partial charge in [0.15, 0.2) is 0 Å². The first-order chi connectivity index (χ1) is 11.2. The molecule has 0 atom stereocenters. The zero-order chi connectivity index (χ0) is 16.1. The number of aryl methyl sites for hydroxylation is 1. The van der Waals surface area contributed by atoms with E-state index < -0.39 is 0 Å². The second kappa shape index (κ2) is 6.79. The number of nitrogen functional groups attached to an aromatic ring is 1. The molecule has 3 rings (SSSR count). The van der Waals surface area contributed by atoms with Crippen molar-refractivity contribution in [3.05, 3.63) is 90.0 Å². The number of hydrogen-bond donors (Lipinski definition) is 2. The van der Waals surface area contributed by atoms with Gasteiger partial charge in [-0.15, -0.1) is 0 Å². The second-order valence-electron chi connectivity index (χ2n) is 5.38. The van der Waals surface area contributed by atoms with Gasteiger partial charge >= 0.3 is 0 Å². The van der Waals surface area contributed by atoms with Crippen molar-refractivity contribution in [3.63, 3.8) is 0 Å². The average molecular weight is 301 g/mol. The highest BCUT2D eigenvalue weighted by Gasteiger charge is 2.06. The molecule has 3 nitrogen and oxygen atoms in total. The Morgan fingerprint density at radius 2 is 1.52 bits per heavy atom. The Balaban J connectivity index is 2.02. The van der Waals surface area contributed by atoms with E-state index in [2.05, 4.69) is 5.32 Å². The van der Waals surface area contributed by atoms with Gasteiger partial charge < -0.3 is 11.1 Å². The van der Waals surface area contributed by atoms with Crippen LogP contribution in [0.2, 0.25) is 0 Å². The molecular weight excluding hydrogens is 282 g/mol. The minimum atomic E-state index is 0.674. The number of nitrogens with one attached hydrogen (secondary N) is 1. The number of para-hydroxylation sites is 1. The third kappa shape index (κ3) is 3.77. The Labute approximate surface area is 136 Å². The summed E-state index contributed by atoms with van der Waals surface area (Å²) in [5.74, 6) is 0.771. The van der Waals surface area contributed by atoms with E-state index >= 15 is 0 Å². The largest absolute Gasteiger partial charge is 0.397 e. The summed E-state index contributed by atoms with van der Waals surface area (Å²) in [6.07, 6.45) is 0. The predicted octanol–water partition coefficient (Wildman–Crippen LogP) is 4.77. The Bertz CT molecular complexity index is 809. The minimum Gasteiger partial charge on any atom is -0.397 e. The summed E-state index contributed by atoms with van der Waals surface area (Å²) in [6, 6.07) is 25.9. The van der Waals surface area contributed by atoms with Gasteiger partial charge in [-0.3, -0.25) is 0 Å². The molecule has 0 heterocycles. The van der Waals surface area contributed by atoms with E-state index in [0.29, 0.717) is 5.69 Å². The molecule has 23 heavy (non-hydrogen) atoms. The van der Waals surface area contributed by atoms with Gasteiger partial charge in [-0.1, -0.05) is 54.6 Å². The highest BCUT2D eigenvalue weighted by Crippen LogP contribution is 2.24. The number of amidine groups is 1. The molecule has 3 N–H and O–H groups in total. The average Bonchev–Trinajstić information content (AvgIpc) is 2.58. The number of aliphatic imine (C=N–C) groups is 1. The number of nitrogens with two attached hydrogens (primary N) is 1. The normalized spacial score (nSPS) is 11.3. The monoisotopic (exact) mass is 301 g/mol. The summed E-state index contributed by atoms with van der Waals surface area (Å²) >= 11 is 0. The fraction of sp³-hybridized carbons (Fsp3) is 0.0500. The highest BCUT2D eigenvalue weighted by atomic mass is 15.0. The van der Waals surface area contributed by atoms with E-state index in [9.17, 15) is 0 Å². The fourth-order valence-electron chi connectivity index (χ4n) is 2.32. The molecule has 0 unspecified atom stereocenters. The van der Waals surface area contributed by atoms with Gasteiger partial charge in [0.2, 0.25) is 0 Å². The van der Waals surface area contributed by atoms with Crippen molar-refractivity contribution in [1.29, 1.82) is 0 Å². The maximum absolute atomic E-state index is 6.11. The SMILES string of the molecule is Cc1ccc(N=C(Nc2ccccc2)c2ccccc2)c(N)c1. The number of benzene rings is 3. The Kier molecular flexibility index (Phi) is 4.39. The van der Waals surface area contributed by atoms with Gasteiger partial charge in [0.25, 0.3) is 0 Å². The van der Waals surface area contributed by atoms with Crippen LogP contribution >= 0.6 is 0 Å². The number of hydrogen-bond acceptors (Lipinski definition) is 2. The van der Waals surface area contributed by atoms with Crippen LogP contribution in [0.4, 0.5) is 17.1 Å². The first-order valence-electron chi connectivity index (χ1n) is 7.55. The van der Waals surface area contributed by atoms with Crippen molar-refractivity contribution in [1.82, 2.24) is 0 Å². The van der Waals surface area contributed by atoms with E-state index in [4.69, 9.17) is 10.7 Å². The number of nitrogens with zero attached hydrogens (tertiary/aromatic N) is 1. The van der Waals surface area contributed by atoms with Crippen molar-refractivity contribution in [2.45, 2.75) is 6.92 Å². The van der Waals surface area contributed by atoms with Crippen molar-refractivity contribution < 1.29 is 0 Å². The molecule has 0 saturated heterocycles. The summed E-state index contributed by atoms with van der Waals surface area (Å²) < 4.78 is 0. The second-order valence-corrected chi connectivity index (χ2v) is 5.38. The highest BCUT2D eigenvalue weighted by molar-refractivity contribution is 6.09. The molecule has 0 bridgehead atoms. The lowest BCUT2D eigenvalue weighted by atomic mass is 10.1. The molecule has 0 saturated carbocycles. The molecule has 3 heteroatoms. The summed E-state index contributed by atoms with van der Waals surface area (Å²) in [4.78, 5) is 4.75. The topological polar surface area (TPSA) is 50.4 Å². The molecule has 3 aromatic rings. The molecule has 0 aliphatic carbocycles. The summed E-state index contributed by atoms with van der Waals surface area (Å²) in [6.45, 7) is 2.02. The van der Waals surface area contributed by atoms with Crippen LogP contribution in [0.3, 0.4) is 0 Å². The smallest absolute Gasteiger partial charge is 0.138 e. The molecule has 3 aromatic carbocycles. The van der Waals surface area contributed by atoms with Crippen LogP contribution < -0.4 is 11.1 Å². The standard InChI is InChI=1S/C20H19N3/c1-15-12-13-19(18(21)14-15)23-20(16-8-4-2-5-9-16)22-17-10-6-3-7-11-17/h2-14H,21H2,1H3,(H,22,23). The van der Waals surface area contributed by atoms with Crippen LogP contribution in [0, 0.1) is 6.92 Å². The first kappa shape index (κ1) is 14.9. The summed E-state index contributed by atoms with van der Waals surface area (Å²) in [7, 11) is 0. The van der Waals surface area contributed by atoms with Gasteiger partial charge in [0.1, 0.15) is 5.84 Å². The maximum Gasteiger partial charge on any atom is 0.138 e. The summed E-state index contributed by atoms with van der Waals surface area (Å²) in [5, 5.41) is 3.38. The minimum absolute atomic E-state index is 0.674. The van der Waals surface area contributed by atoms with Gasteiger partial charge in [-0.2, -0.15) is 0 Å². The first-order valence-corrected chi connectivity index (χ1v) is 7.55. The quantitative estimate of drug-likeness (QED) is 0.416. The van der Waals surface area contributed by atoms with E-state index in [-0.39, 0.29) is 0 Å². The molecular formula is C20H19N3. The number of anilines is 2. The third-order valence-corrected chi connectivity index (χ3v) is 3.50. The lowest BCUT2D eigenvalue weighted by Gasteiger charge is -2.11. The zero-order valence-corrected chi connectivity index (χ0v) is 13.0. The molecule has 0 spiro atoms. The maximum atomic E-state index is 6.11. The molecule has 114 valence electrons. The van der Waals surface area contributed by atoms with E-state index in [1.165, 1.54) is 0 Å². The molecule has 0 aliphatic rings. The third-order valence-electron chi connectivity index (χ3n) is 3.50. The van der Waals surface area contributed by atoms with Gasteiger partial charge in [0, 0.05) is 11.3 Å². The van der Waals surface area contributed by atoms with Crippen LogP contribution in [-0.4, -0.2) is 5.84 Å². The lowest BCUT2D eigenvalue weighted by molar-refractivity contribution is 1.42. The van der Waals surface area contributed by atoms with E-state index in [1.807, 2.05) is 85.8 Å². The summed E-state index contributed by atoms with van der Waals surface area (Å²) in [5.41, 5.74) is 10.7.